The van der Waals surface area contributed by atoms with Crippen LogP contribution in [-0.4, -0.2) is 43.1 Å². The Balaban J connectivity index is 1.57. The number of hydrogen-bond donors (Lipinski definition) is 1. The Morgan fingerprint density at radius 3 is 2.45 bits per heavy atom. The van der Waals surface area contributed by atoms with Crippen LogP contribution >= 0.6 is 15.9 Å². The van der Waals surface area contributed by atoms with Gasteiger partial charge in [-0.15, -0.1) is 0 Å². The molecule has 42 heavy (non-hydrogen) atoms. The largest absolute Gasteiger partial charge is 0.493 e. The van der Waals surface area contributed by atoms with Crippen molar-refractivity contribution in [1.29, 1.82) is 0 Å². The van der Waals surface area contributed by atoms with E-state index in [-0.39, 0.29) is 24.5 Å². The second-order valence-electron chi connectivity index (χ2n) is 9.22. The number of nitrogens with zero attached hydrogens (tertiary/aromatic N) is 1. The number of nitrogens with one attached hydrogen (secondary N) is 1. The number of barbiturate groups is 1. The van der Waals surface area contributed by atoms with Crippen LogP contribution in [0.4, 0.5) is 9.18 Å². The van der Waals surface area contributed by atoms with Crippen molar-refractivity contribution in [2.24, 2.45) is 0 Å². The van der Waals surface area contributed by atoms with Gasteiger partial charge in [0, 0.05) is 0 Å². The summed E-state index contributed by atoms with van der Waals surface area (Å²) >= 11 is 3.45. The summed E-state index contributed by atoms with van der Waals surface area (Å²) in [6.45, 7) is 4.75. The molecule has 0 aromatic heterocycles. The van der Waals surface area contributed by atoms with Crippen LogP contribution < -0.4 is 24.3 Å². The molecule has 1 aliphatic rings. The zero-order chi connectivity index (χ0) is 30.2. The highest BCUT2D eigenvalue weighted by Crippen LogP contribution is 2.38. The van der Waals surface area contributed by atoms with E-state index in [1.54, 1.807) is 42.5 Å². The lowest BCUT2D eigenvalue weighted by Gasteiger charge is -2.26. The molecule has 1 heterocycles. The smallest absolute Gasteiger partial charge is 0.331 e. The van der Waals surface area contributed by atoms with Gasteiger partial charge in [0.1, 0.15) is 18.0 Å². The fourth-order valence-electron chi connectivity index (χ4n) is 4.18. The van der Waals surface area contributed by atoms with Crippen molar-refractivity contribution in [3.05, 3.63) is 87.2 Å². The summed E-state index contributed by atoms with van der Waals surface area (Å²) in [7, 11) is 1.45. The van der Waals surface area contributed by atoms with Crippen molar-refractivity contribution >= 4 is 39.9 Å². The van der Waals surface area contributed by atoms with Gasteiger partial charge in [0.2, 0.25) is 0 Å². The van der Waals surface area contributed by atoms with Crippen LogP contribution in [0.2, 0.25) is 0 Å². The Hall–Kier alpha value is -4.38. The summed E-state index contributed by atoms with van der Waals surface area (Å²) in [6, 6.07) is 13.6. The van der Waals surface area contributed by atoms with Crippen molar-refractivity contribution in [3.63, 3.8) is 0 Å². The van der Waals surface area contributed by atoms with Gasteiger partial charge < -0.3 is 18.9 Å². The van der Waals surface area contributed by atoms with Gasteiger partial charge in [0.25, 0.3) is 11.8 Å². The van der Waals surface area contributed by atoms with Gasteiger partial charge in [-0.3, -0.25) is 19.8 Å². The molecule has 0 unspecified atom stereocenters. The van der Waals surface area contributed by atoms with Gasteiger partial charge in [-0.25, -0.2) is 9.18 Å². The van der Waals surface area contributed by atoms with Crippen molar-refractivity contribution in [2.45, 2.75) is 33.4 Å². The highest BCUT2D eigenvalue weighted by Gasteiger charge is 2.36. The predicted molar refractivity (Wildman–Crippen MR) is 157 cm³/mol. The standard InChI is InChI=1S/C31H30BrFN2O7/c1-4-11-41-25-10-9-19(15-26(25)40-5-2)17-35-30(37)23(29(36)34-31(35)38)13-21-14-24(32)28(27(16-21)39-3)42-18-20-7-6-8-22(33)12-20/h6-10,12-16H,4-5,11,17-18H2,1-3H3,(H,34,36,38)/b23-13+. The third kappa shape index (κ3) is 7.27. The maximum Gasteiger partial charge on any atom is 0.331 e. The topological polar surface area (TPSA) is 103 Å². The first-order chi connectivity index (χ1) is 20.2. The fourth-order valence-corrected chi connectivity index (χ4v) is 4.76. The summed E-state index contributed by atoms with van der Waals surface area (Å²) < 4.78 is 36.8. The molecule has 4 rings (SSSR count). The van der Waals surface area contributed by atoms with Gasteiger partial charge in [0.05, 0.1) is 31.3 Å². The first-order valence-electron chi connectivity index (χ1n) is 13.3. The molecular weight excluding hydrogens is 611 g/mol. The number of methoxy groups -OCH3 is 1. The number of halogens is 2. The van der Waals surface area contributed by atoms with E-state index in [0.29, 0.717) is 57.4 Å². The molecule has 3 aromatic carbocycles. The number of ether oxygens (including phenoxy) is 4. The zero-order valence-electron chi connectivity index (χ0n) is 23.4. The van der Waals surface area contributed by atoms with E-state index in [1.807, 2.05) is 13.8 Å². The van der Waals surface area contributed by atoms with E-state index in [2.05, 4.69) is 21.2 Å². The highest BCUT2D eigenvalue weighted by atomic mass is 79.9. The van der Waals surface area contributed by atoms with Crippen LogP contribution in [0.1, 0.15) is 37.0 Å². The average Bonchev–Trinajstić information content (AvgIpc) is 2.96. The molecule has 9 nitrogen and oxygen atoms in total. The first kappa shape index (κ1) is 30.6. The molecule has 0 aliphatic carbocycles. The number of benzene rings is 3. The number of amides is 4. The minimum Gasteiger partial charge on any atom is -0.493 e. The molecule has 1 N–H and O–H groups in total. The number of urea groups is 1. The van der Waals surface area contributed by atoms with Crippen LogP contribution in [-0.2, 0) is 22.7 Å². The lowest BCUT2D eigenvalue weighted by atomic mass is 10.1. The summed E-state index contributed by atoms with van der Waals surface area (Å²) in [5.74, 6) is -0.211. The van der Waals surface area contributed by atoms with Crippen LogP contribution in [0, 0.1) is 5.82 Å². The van der Waals surface area contributed by atoms with Gasteiger partial charge in [-0.2, -0.15) is 0 Å². The summed E-state index contributed by atoms with van der Waals surface area (Å²) in [6.07, 6.45) is 2.19. The second-order valence-corrected chi connectivity index (χ2v) is 10.1. The molecule has 0 bridgehead atoms. The van der Waals surface area contributed by atoms with E-state index in [1.165, 1.54) is 25.3 Å². The van der Waals surface area contributed by atoms with E-state index >= 15 is 0 Å². The third-order valence-corrected chi connectivity index (χ3v) is 6.72. The lowest BCUT2D eigenvalue weighted by molar-refractivity contribution is -0.130. The van der Waals surface area contributed by atoms with Gasteiger partial charge in [-0.05, 0) is 88.4 Å². The highest BCUT2D eigenvalue weighted by molar-refractivity contribution is 9.10. The van der Waals surface area contributed by atoms with E-state index < -0.39 is 17.8 Å². The first-order valence-corrected chi connectivity index (χ1v) is 14.1. The van der Waals surface area contributed by atoms with E-state index in [4.69, 9.17) is 18.9 Å². The number of imide groups is 2. The molecule has 0 saturated carbocycles. The fraction of sp³-hybridized carbons (Fsp3) is 0.258. The Kier molecular flexibility index (Phi) is 10.2. The SMILES string of the molecule is CCCOc1ccc(CN2C(=O)NC(=O)/C(=C\c3cc(Br)c(OCc4cccc(F)c4)c(OC)c3)C2=O)cc1OCC. The summed E-state index contributed by atoms with van der Waals surface area (Å²) in [5.41, 5.74) is 1.45. The number of carbonyl (C=O) groups is 3. The third-order valence-electron chi connectivity index (χ3n) is 6.13. The van der Waals surface area contributed by atoms with E-state index in [0.717, 1.165) is 11.3 Å². The Bertz CT molecular complexity index is 1530. The molecular formula is C31H30BrFN2O7. The van der Waals surface area contributed by atoms with Crippen LogP contribution in [0.5, 0.6) is 23.0 Å². The quantitative estimate of drug-likeness (QED) is 0.191. The molecule has 1 saturated heterocycles. The van der Waals surface area contributed by atoms with Crippen molar-refractivity contribution in [3.8, 4) is 23.0 Å². The molecule has 0 atom stereocenters. The number of carbonyl (C=O) groups excluding carboxylic acids is 3. The summed E-state index contributed by atoms with van der Waals surface area (Å²) in [5, 5.41) is 2.23. The Labute approximate surface area is 251 Å². The predicted octanol–water partition coefficient (Wildman–Crippen LogP) is 6.03. The molecule has 220 valence electrons. The molecule has 0 spiro atoms. The molecule has 11 heteroatoms. The van der Waals surface area contributed by atoms with Gasteiger partial charge in [-0.1, -0.05) is 25.1 Å². The maximum atomic E-state index is 13.5. The molecule has 1 fully saturated rings. The maximum absolute atomic E-state index is 13.5. The Morgan fingerprint density at radius 1 is 0.929 bits per heavy atom. The van der Waals surface area contributed by atoms with Gasteiger partial charge >= 0.3 is 6.03 Å². The van der Waals surface area contributed by atoms with Crippen LogP contribution in [0.25, 0.3) is 6.08 Å². The van der Waals surface area contributed by atoms with Crippen molar-refractivity contribution < 1.29 is 37.7 Å². The minimum absolute atomic E-state index is 0.0852. The average molecular weight is 641 g/mol. The molecule has 4 amide bonds. The summed E-state index contributed by atoms with van der Waals surface area (Å²) in [4.78, 5) is 39.7. The van der Waals surface area contributed by atoms with E-state index in [9.17, 15) is 18.8 Å². The van der Waals surface area contributed by atoms with Crippen LogP contribution in [0.3, 0.4) is 0 Å². The minimum atomic E-state index is -0.828. The van der Waals surface area contributed by atoms with Crippen LogP contribution in [0.15, 0.2) is 64.6 Å². The molecule has 1 aliphatic heterocycles. The number of rotatable bonds is 12. The number of hydrogen-bond acceptors (Lipinski definition) is 7. The zero-order valence-corrected chi connectivity index (χ0v) is 25.0. The van der Waals surface area contributed by atoms with Crippen molar-refractivity contribution in [1.82, 2.24) is 10.2 Å². The molecule has 0 radical (unpaired) electrons. The second kappa shape index (κ2) is 14.0. The normalized spacial score (nSPS) is 14.2. The van der Waals surface area contributed by atoms with Crippen molar-refractivity contribution in [2.75, 3.05) is 20.3 Å². The Morgan fingerprint density at radius 2 is 1.74 bits per heavy atom. The monoisotopic (exact) mass is 640 g/mol. The van der Waals surface area contributed by atoms with Gasteiger partial charge in [0.15, 0.2) is 23.0 Å². The molecule has 3 aromatic rings. The lowest BCUT2D eigenvalue weighted by Crippen LogP contribution is -2.53.